The molecule has 0 spiro atoms. The lowest BCUT2D eigenvalue weighted by molar-refractivity contribution is -0.161. The Kier molecular flexibility index (Phi) is 8.06. The minimum Gasteiger partial charge on any atom is -0.481 e. The van der Waals surface area contributed by atoms with Gasteiger partial charge in [-0.1, -0.05) is 24.3 Å². The average molecular weight is 629 g/mol. The third-order valence-corrected chi connectivity index (χ3v) is 9.21. The molecule has 3 aliphatic heterocycles. The van der Waals surface area contributed by atoms with Crippen molar-refractivity contribution in [3.05, 3.63) is 66.4 Å². The first-order valence-corrected chi connectivity index (χ1v) is 15.5. The maximum absolute atomic E-state index is 14.9. The third kappa shape index (κ3) is 5.77. The third-order valence-electron chi connectivity index (χ3n) is 9.21. The SMILES string of the molecule is N#Cc1cc(-c2cccc3[nH]c(-c4ccc(N5CCN(C6COC6)CC5)cc4)cc23)ncc1OC1CCN(C(=O)CO)CC1(F)F. The predicted octanol–water partition coefficient (Wildman–Crippen LogP) is 3.90. The normalized spacial score (nSPS) is 20.3. The van der Waals surface area contributed by atoms with E-state index < -0.39 is 31.1 Å². The van der Waals surface area contributed by atoms with Crippen LogP contribution in [0.5, 0.6) is 5.75 Å². The first-order chi connectivity index (χ1) is 22.3. The maximum atomic E-state index is 14.9. The Hall–Kier alpha value is -4.57. The number of nitriles is 1. The van der Waals surface area contributed by atoms with Gasteiger partial charge < -0.3 is 29.4 Å². The number of likely N-dealkylation sites (tertiary alicyclic amines) is 1. The quantitative estimate of drug-likeness (QED) is 0.317. The average Bonchev–Trinajstić information content (AvgIpc) is 3.50. The molecule has 1 atom stereocenters. The summed E-state index contributed by atoms with van der Waals surface area (Å²) in [6, 6.07) is 20.5. The second-order valence-corrected chi connectivity index (χ2v) is 12.0. The molecular weight excluding hydrogens is 594 g/mol. The fourth-order valence-corrected chi connectivity index (χ4v) is 6.47. The number of alkyl halides is 2. The molecule has 0 bridgehead atoms. The van der Waals surface area contributed by atoms with Gasteiger partial charge in [-0.25, -0.2) is 8.78 Å². The molecule has 7 rings (SSSR count). The van der Waals surface area contributed by atoms with Gasteiger partial charge in [-0.05, 0) is 35.9 Å². The van der Waals surface area contributed by atoms with Crippen LogP contribution in [-0.2, 0) is 9.53 Å². The first-order valence-electron chi connectivity index (χ1n) is 15.5. The van der Waals surface area contributed by atoms with E-state index >= 15 is 0 Å². The van der Waals surface area contributed by atoms with Crippen molar-refractivity contribution in [3.63, 3.8) is 0 Å². The number of benzene rings is 2. The van der Waals surface area contributed by atoms with Crippen molar-refractivity contribution in [2.24, 2.45) is 0 Å². The summed E-state index contributed by atoms with van der Waals surface area (Å²) in [4.78, 5) is 25.6. The lowest BCUT2D eigenvalue weighted by atomic mass is 10.0. The molecule has 1 amide bonds. The Labute approximate surface area is 264 Å². The van der Waals surface area contributed by atoms with Gasteiger partial charge in [-0.2, -0.15) is 5.26 Å². The van der Waals surface area contributed by atoms with Crippen LogP contribution in [0.2, 0.25) is 0 Å². The van der Waals surface area contributed by atoms with E-state index in [1.807, 2.05) is 18.2 Å². The standard InChI is InChI=1S/C34H34F2N6O4/c35-34(36)21-42(33(44)18-43)9-8-32(34)46-31-17-38-30(14-23(31)16-37)26-2-1-3-28-27(26)15-29(39-28)22-4-6-24(7-5-22)40-10-12-41(13-11-40)25-19-45-20-25/h1-7,14-15,17,25,32,39,43H,8-13,18-21H2. The number of nitrogens with zero attached hydrogens (tertiary/aromatic N) is 5. The molecule has 10 nitrogen and oxygen atoms in total. The number of hydrogen-bond donors (Lipinski definition) is 2. The zero-order valence-electron chi connectivity index (χ0n) is 25.2. The van der Waals surface area contributed by atoms with E-state index in [4.69, 9.17) is 14.6 Å². The molecule has 12 heteroatoms. The molecule has 2 aromatic carbocycles. The number of piperidine rings is 1. The fraction of sp³-hybridized carbons (Fsp3) is 0.382. The Bertz CT molecular complexity index is 1780. The van der Waals surface area contributed by atoms with E-state index in [0.717, 1.165) is 72.0 Å². The minimum absolute atomic E-state index is 0.0150. The van der Waals surface area contributed by atoms with Crippen molar-refractivity contribution >= 4 is 22.5 Å². The lowest BCUT2D eigenvalue weighted by Gasteiger charge is -2.43. The number of aromatic amines is 1. The highest BCUT2D eigenvalue weighted by Gasteiger charge is 2.47. The molecule has 3 saturated heterocycles. The van der Waals surface area contributed by atoms with Crippen LogP contribution in [0.4, 0.5) is 14.5 Å². The monoisotopic (exact) mass is 628 g/mol. The number of aliphatic hydroxyl groups excluding tert-OH is 1. The smallest absolute Gasteiger partial charge is 0.301 e. The van der Waals surface area contributed by atoms with Crippen molar-refractivity contribution in [1.29, 1.82) is 5.26 Å². The molecule has 238 valence electrons. The summed E-state index contributed by atoms with van der Waals surface area (Å²) in [6.45, 7) is 4.05. The molecule has 5 heterocycles. The van der Waals surface area contributed by atoms with E-state index in [1.165, 1.54) is 11.9 Å². The van der Waals surface area contributed by atoms with Crippen LogP contribution >= 0.6 is 0 Å². The number of pyridine rings is 1. The minimum atomic E-state index is -3.36. The number of amides is 1. The summed E-state index contributed by atoms with van der Waals surface area (Å²) in [5, 5.41) is 19.8. The largest absolute Gasteiger partial charge is 0.481 e. The second-order valence-electron chi connectivity index (χ2n) is 12.0. The van der Waals surface area contributed by atoms with Gasteiger partial charge in [0.05, 0.1) is 43.3 Å². The summed E-state index contributed by atoms with van der Waals surface area (Å²) in [5.41, 5.74) is 5.46. The summed E-state index contributed by atoms with van der Waals surface area (Å²) in [5.74, 6) is -4.16. The Morgan fingerprint density at radius 3 is 2.57 bits per heavy atom. The number of nitrogens with one attached hydrogen (secondary N) is 1. The van der Waals surface area contributed by atoms with Crippen LogP contribution in [0.15, 0.2) is 60.8 Å². The zero-order chi connectivity index (χ0) is 31.8. The van der Waals surface area contributed by atoms with Crippen LogP contribution in [0, 0.1) is 11.3 Å². The molecule has 0 saturated carbocycles. The summed E-state index contributed by atoms with van der Waals surface area (Å²) >= 11 is 0. The van der Waals surface area contributed by atoms with Crippen molar-refractivity contribution in [2.45, 2.75) is 24.5 Å². The van der Waals surface area contributed by atoms with E-state index in [2.05, 4.69) is 56.2 Å². The predicted molar refractivity (Wildman–Crippen MR) is 168 cm³/mol. The van der Waals surface area contributed by atoms with Gasteiger partial charge in [0.25, 0.3) is 0 Å². The number of fused-ring (bicyclic) bond motifs is 1. The molecule has 0 radical (unpaired) electrons. The highest BCUT2D eigenvalue weighted by Crippen LogP contribution is 2.36. The molecule has 2 aromatic heterocycles. The van der Waals surface area contributed by atoms with E-state index in [0.29, 0.717) is 11.7 Å². The van der Waals surface area contributed by atoms with Crippen LogP contribution in [0.3, 0.4) is 0 Å². The number of halogens is 2. The first kappa shape index (κ1) is 30.1. The molecule has 46 heavy (non-hydrogen) atoms. The van der Waals surface area contributed by atoms with Crippen molar-refractivity contribution in [3.8, 4) is 34.3 Å². The number of aromatic nitrogens is 2. The van der Waals surface area contributed by atoms with E-state index in [9.17, 15) is 18.8 Å². The number of piperazine rings is 1. The summed E-state index contributed by atoms with van der Waals surface area (Å²) in [6.07, 6.45) is -0.380. The summed E-state index contributed by atoms with van der Waals surface area (Å²) in [7, 11) is 0. The van der Waals surface area contributed by atoms with Gasteiger partial charge in [0.1, 0.15) is 12.7 Å². The van der Waals surface area contributed by atoms with Crippen molar-refractivity contribution in [1.82, 2.24) is 19.8 Å². The number of carbonyl (C=O) groups excluding carboxylic acids is 1. The number of carbonyl (C=O) groups is 1. The van der Waals surface area contributed by atoms with Gasteiger partial charge in [0, 0.05) is 67.0 Å². The number of ether oxygens (including phenoxy) is 2. The van der Waals surface area contributed by atoms with Crippen LogP contribution in [0.25, 0.3) is 33.4 Å². The maximum Gasteiger partial charge on any atom is 0.301 e. The number of aliphatic hydroxyl groups is 1. The van der Waals surface area contributed by atoms with Crippen LogP contribution < -0.4 is 9.64 Å². The zero-order valence-corrected chi connectivity index (χ0v) is 25.2. The molecule has 1 unspecified atom stereocenters. The molecule has 3 fully saturated rings. The highest BCUT2D eigenvalue weighted by atomic mass is 19.3. The van der Waals surface area contributed by atoms with E-state index in [-0.39, 0.29) is 24.3 Å². The number of H-pyrrole nitrogens is 1. The Morgan fingerprint density at radius 2 is 1.89 bits per heavy atom. The topological polar surface area (TPSA) is 118 Å². The molecule has 0 aliphatic carbocycles. The van der Waals surface area contributed by atoms with Gasteiger partial charge in [-0.3, -0.25) is 14.7 Å². The molecule has 2 N–H and O–H groups in total. The molecule has 4 aromatic rings. The van der Waals surface area contributed by atoms with Gasteiger partial charge >= 0.3 is 5.92 Å². The Balaban J connectivity index is 1.08. The highest BCUT2D eigenvalue weighted by molar-refractivity contribution is 5.97. The van der Waals surface area contributed by atoms with Crippen molar-refractivity contribution in [2.75, 3.05) is 64.0 Å². The molecule has 3 aliphatic rings. The van der Waals surface area contributed by atoms with Crippen LogP contribution in [0.1, 0.15) is 12.0 Å². The van der Waals surface area contributed by atoms with Crippen LogP contribution in [-0.4, -0.2) is 108 Å². The fourth-order valence-electron chi connectivity index (χ4n) is 6.47. The molecular formula is C34H34F2N6O4. The van der Waals surface area contributed by atoms with Gasteiger partial charge in [0.15, 0.2) is 11.9 Å². The van der Waals surface area contributed by atoms with Gasteiger partial charge in [-0.15, -0.1) is 0 Å². The Morgan fingerprint density at radius 1 is 1.11 bits per heavy atom. The number of anilines is 1. The van der Waals surface area contributed by atoms with Gasteiger partial charge in [0.2, 0.25) is 5.91 Å². The second kappa shape index (κ2) is 12.3. The number of rotatable bonds is 7. The number of hydrogen-bond acceptors (Lipinski definition) is 8. The van der Waals surface area contributed by atoms with E-state index in [1.54, 1.807) is 6.07 Å². The lowest BCUT2D eigenvalue weighted by Crippen LogP contribution is -2.56. The summed E-state index contributed by atoms with van der Waals surface area (Å²) < 4.78 is 40.7. The van der Waals surface area contributed by atoms with Crippen molar-refractivity contribution < 1.29 is 28.2 Å².